The SMILES string of the molecule is NCC1=NC2C(CCC3=CC=COC32)N1. The molecule has 4 nitrogen and oxygen atoms in total. The van der Waals surface area contributed by atoms with E-state index in [9.17, 15) is 0 Å². The van der Waals surface area contributed by atoms with Gasteiger partial charge in [-0.05, 0) is 24.5 Å². The van der Waals surface area contributed by atoms with Crippen molar-refractivity contribution in [2.45, 2.75) is 31.0 Å². The average Bonchev–Trinajstić information content (AvgIpc) is 2.72. The van der Waals surface area contributed by atoms with Crippen LogP contribution in [0.3, 0.4) is 0 Å². The lowest BCUT2D eigenvalue weighted by molar-refractivity contribution is 0.118. The Kier molecular flexibility index (Phi) is 2.02. The summed E-state index contributed by atoms with van der Waals surface area (Å²) in [7, 11) is 0. The van der Waals surface area contributed by atoms with Crippen LogP contribution in [0.5, 0.6) is 0 Å². The molecule has 0 spiro atoms. The first-order valence-electron chi connectivity index (χ1n) is 5.43. The van der Waals surface area contributed by atoms with E-state index in [1.54, 1.807) is 6.26 Å². The molecule has 3 aliphatic rings. The second kappa shape index (κ2) is 3.38. The number of amidine groups is 1. The van der Waals surface area contributed by atoms with Crippen LogP contribution in [0.15, 0.2) is 29.0 Å². The number of nitrogens with two attached hydrogens (primary N) is 1. The highest BCUT2D eigenvalue weighted by atomic mass is 16.5. The van der Waals surface area contributed by atoms with Crippen molar-refractivity contribution in [1.82, 2.24) is 5.32 Å². The van der Waals surface area contributed by atoms with Gasteiger partial charge in [0.2, 0.25) is 0 Å². The van der Waals surface area contributed by atoms with E-state index in [-0.39, 0.29) is 12.1 Å². The highest BCUT2D eigenvalue weighted by Gasteiger charge is 2.41. The fourth-order valence-electron chi connectivity index (χ4n) is 2.56. The van der Waals surface area contributed by atoms with Crippen molar-refractivity contribution in [3.63, 3.8) is 0 Å². The molecule has 2 heterocycles. The van der Waals surface area contributed by atoms with Crippen molar-refractivity contribution < 1.29 is 4.74 Å². The summed E-state index contributed by atoms with van der Waals surface area (Å²) >= 11 is 0. The minimum Gasteiger partial charge on any atom is -0.491 e. The Balaban J connectivity index is 1.87. The van der Waals surface area contributed by atoms with E-state index in [0.717, 1.165) is 18.7 Å². The van der Waals surface area contributed by atoms with Gasteiger partial charge in [0, 0.05) is 0 Å². The number of rotatable bonds is 1. The number of nitrogens with one attached hydrogen (secondary N) is 1. The molecule has 3 atom stereocenters. The van der Waals surface area contributed by atoms with Gasteiger partial charge in [0.05, 0.1) is 18.8 Å². The fraction of sp³-hybridized carbons (Fsp3) is 0.545. The first kappa shape index (κ1) is 8.97. The van der Waals surface area contributed by atoms with Crippen LogP contribution in [0.1, 0.15) is 12.8 Å². The van der Waals surface area contributed by atoms with Crippen molar-refractivity contribution in [3.8, 4) is 0 Å². The van der Waals surface area contributed by atoms with Crippen LogP contribution >= 0.6 is 0 Å². The van der Waals surface area contributed by atoms with Crippen LogP contribution < -0.4 is 11.1 Å². The third-order valence-corrected chi connectivity index (χ3v) is 3.30. The van der Waals surface area contributed by atoms with Gasteiger partial charge in [-0.15, -0.1) is 0 Å². The number of nitrogens with zero attached hydrogens (tertiary/aromatic N) is 1. The Labute approximate surface area is 88.9 Å². The Morgan fingerprint density at radius 2 is 2.53 bits per heavy atom. The number of hydrogen-bond acceptors (Lipinski definition) is 4. The van der Waals surface area contributed by atoms with E-state index in [4.69, 9.17) is 10.5 Å². The third-order valence-electron chi connectivity index (χ3n) is 3.30. The molecular weight excluding hydrogens is 190 g/mol. The van der Waals surface area contributed by atoms with Gasteiger partial charge in [-0.25, -0.2) is 0 Å². The summed E-state index contributed by atoms with van der Waals surface area (Å²) in [5.74, 6) is 0.921. The van der Waals surface area contributed by atoms with Crippen molar-refractivity contribution in [1.29, 1.82) is 0 Å². The molecule has 0 aromatic heterocycles. The lowest BCUT2D eigenvalue weighted by atomic mass is 9.84. The minimum absolute atomic E-state index is 0.130. The van der Waals surface area contributed by atoms with Gasteiger partial charge in [0.25, 0.3) is 0 Å². The van der Waals surface area contributed by atoms with Crippen LogP contribution in [0.2, 0.25) is 0 Å². The zero-order chi connectivity index (χ0) is 10.3. The number of aliphatic imine (C=N–C) groups is 1. The second-order valence-electron chi connectivity index (χ2n) is 4.19. The van der Waals surface area contributed by atoms with E-state index < -0.39 is 0 Å². The molecule has 80 valence electrons. The lowest BCUT2D eigenvalue weighted by Gasteiger charge is -2.34. The topological polar surface area (TPSA) is 59.6 Å². The smallest absolute Gasteiger partial charge is 0.143 e. The summed E-state index contributed by atoms with van der Waals surface area (Å²) in [4.78, 5) is 4.59. The van der Waals surface area contributed by atoms with Crippen LogP contribution in [-0.4, -0.2) is 30.6 Å². The van der Waals surface area contributed by atoms with E-state index in [2.05, 4.69) is 16.4 Å². The molecule has 1 saturated carbocycles. The third kappa shape index (κ3) is 1.36. The summed E-state index contributed by atoms with van der Waals surface area (Å²) in [6.07, 6.45) is 8.22. The molecule has 0 saturated heterocycles. The summed E-state index contributed by atoms with van der Waals surface area (Å²) < 4.78 is 5.65. The second-order valence-corrected chi connectivity index (χ2v) is 4.19. The van der Waals surface area contributed by atoms with Gasteiger partial charge >= 0.3 is 0 Å². The zero-order valence-corrected chi connectivity index (χ0v) is 8.52. The molecule has 4 heteroatoms. The summed E-state index contributed by atoms with van der Waals surface area (Å²) in [6, 6.07) is 0.630. The molecule has 0 radical (unpaired) electrons. The molecule has 3 rings (SSSR count). The number of ether oxygens (including phenoxy) is 1. The summed E-state index contributed by atoms with van der Waals surface area (Å²) in [5, 5.41) is 3.37. The number of hydrogen-bond donors (Lipinski definition) is 2. The minimum atomic E-state index is 0.130. The van der Waals surface area contributed by atoms with Crippen LogP contribution in [-0.2, 0) is 4.74 Å². The van der Waals surface area contributed by atoms with E-state index in [1.807, 2.05) is 6.08 Å². The van der Waals surface area contributed by atoms with E-state index >= 15 is 0 Å². The number of allylic oxidation sites excluding steroid dienone is 2. The summed E-state index contributed by atoms with van der Waals surface area (Å²) in [5.41, 5.74) is 6.96. The first-order chi connectivity index (χ1) is 7.38. The maximum Gasteiger partial charge on any atom is 0.143 e. The quantitative estimate of drug-likeness (QED) is 0.648. The lowest BCUT2D eigenvalue weighted by Crippen LogP contribution is -2.46. The molecule has 15 heavy (non-hydrogen) atoms. The molecule has 3 N–H and O–H groups in total. The average molecular weight is 205 g/mol. The monoisotopic (exact) mass is 205 g/mol. The van der Waals surface area contributed by atoms with Crippen molar-refractivity contribution >= 4 is 5.84 Å². The van der Waals surface area contributed by atoms with Gasteiger partial charge in [0.15, 0.2) is 0 Å². The van der Waals surface area contributed by atoms with Crippen molar-refractivity contribution in [2.75, 3.05) is 6.54 Å². The van der Waals surface area contributed by atoms with Crippen LogP contribution in [0.25, 0.3) is 0 Å². The van der Waals surface area contributed by atoms with Crippen molar-refractivity contribution in [3.05, 3.63) is 24.0 Å². The molecule has 2 aliphatic heterocycles. The Morgan fingerprint density at radius 3 is 3.40 bits per heavy atom. The summed E-state index contributed by atoms with van der Waals surface area (Å²) in [6.45, 7) is 0.495. The largest absolute Gasteiger partial charge is 0.491 e. The van der Waals surface area contributed by atoms with Crippen LogP contribution in [0, 0.1) is 0 Å². The molecular formula is C11H15N3O. The zero-order valence-electron chi connectivity index (χ0n) is 8.52. The van der Waals surface area contributed by atoms with Gasteiger partial charge < -0.3 is 15.8 Å². The van der Waals surface area contributed by atoms with Crippen LogP contribution in [0.4, 0.5) is 0 Å². The standard InChI is InChI=1S/C11H15N3O/c12-6-9-13-8-4-3-7-2-1-5-15-11(7)10(8)14-9/h1-2,5,8,10-11H,3-4,6,12H2,(H,13,14). The van der Waals surface area contributed by atoms with E-state index in [1.165, 1.54) is 5.57 Å². The molecule has 0 amide bonds. The highest BCUT2D eigenvalue weighted by molar-refractivity contribution is 5.86. The molecule has 1 fully saturated rings. The number of fused-ring (bicyclic) bond motifs is 3. The molecule has 0 aromatic rings. The van der Waals surface area contributed by atoms with Gasteiger partial charge in [-0.3, -0.25) is 4.99 Å². The predicted octanol–water partition coefficient (Wildman–Crippen LogP) is 0.317. The maximum atomic E-state index is 5.65. The maximum absolute atomic E-state index is 5.65. The van der Waals surface area contributed by atoms with Gasteiger partial charge in [0.1, 0.15) is 18.0 Å². The van der Waals surface area contributed by atoms with Gasteiger partial charge in [-0.2, -0.15) is 0 Å². The first-order valence-corrected chi connectivity index (χ1v) is 5.43. The predicted molar refractivity (Wildman–Crippen MR) is 58.5 cm³/mol. The Bertz CT molecular complexity index is 359. The van der Waals surface area contributed by atoms with E-state index in [0.29, 0.717) is 12.6 Å². The fourth-order valence-corrected chi connectivity index (χ4v) is 2.56. The molecule has 0 aromatic carbocycles. The highest BCUT2D eigenvalue weighted by Crippen LogP contribution is 2.33. The molecule has 1 aliphatic carbocycles. The van der Waals surface area contributed by atoms with Gasteiger partial charge in [-0.1, -0.05) is 6.08 Å². The normalized spacial score (nSPS) is 37.0. The Hall–Kier alpha value is -1.29. The molecule has 3 unspecified atom stereocenters. The van der Waals surface area contributed by atoms with Crippen molar-refractivity contribution in [2.24, 2.45) is 10.7 Å². The Morgan fingerprint density at radius 1 is 1.60 bits per heavy atom. The molecule has 0 bridgehead atoms.